The molecule has 0 amide bonds. The van der Waals surface area contributed by atoms with Crippen LogP contribution < -0.4 is 4.74 Å². The van der Waals surface area contributed by atoms with Gasteiger partial charge < -0.3 is 9.84 Å². The molecule has 0 aromatic heterocycles. The first kappa shape index (κ1) is 15.4. The van der Waals surface area contributed by atoms with Gasteiger partial charge in [0, 0.05) is 0 Å². The molecule has 0 saturated heterocycles. The standard InChI is InChI=1S/C19H14N2O3/c22-18-9-5-4-8-17(18)19(23)24-16-12-10-15(11-13-16)21-20-14-6-2-1-3-7-14/h1-13,22H/b21-20+. The van der Waals surface area contributed by atoms with E-state index in [1.165, 1.54) is 12.1 Å². The zero-order chi connectivity index (χ0) is 16.8. The highest BCUT2D eigenvalue weighted by Gasteiger charge is 2.12. The topological polar surface area (TPSA) is 71.2 Å². The molecule has 1 N–H and O–H groups in total. The van der Waals surface area contributed by atoms with Gasteiger partial charge in [0.1, 0.15) is 17.1 Å². The van der Waals surface area contributed by atoms with E-state index in [9.17, 15) is 9.90 Å². The number of rotatable bonds is 4. The maximum absolute atomic E-state index is 12.0. The van der Waals surface area contributed by atoms with Crippen LogP contribution in [0.1, 0.15) is 10.4 Å². The Bertz CT molecular complexity index is 859. The van der Waals surface area contributed by atoms with Crippen molar-refractivity contribution in [3.63, 3.8) is 0 Å². The van der Waals surface area contributed by atoms with Gasteiger partial charge in [0.05, 0.1) is 11.4 Å². The van der Waals surface area contributed by atoms with Gasteiger partial charge in [0.15, 0.2) is 0 Å². The van der Waals surface area contributed by atoms with E-state index in [0.29, 0.717) is 11.4 Å². The molecule has 0 aliphatic rings. The summed E-state index contributed by atoms with van der Waals surface area (Å²) in [5, 5.41) is 17.9. The van der Waals surface area contributed by atoms with Crippen molar-refractivity contribution in [3.05, 3.63) is 84.4 Å². The monoisotopic (exact) mass is 318 g/mol. The van der Waals surface area contributed by atoms with Crippen LogP contribution in [0.15, 0.2) is 89.1 Å². The van der Waals surface area contributed by atoms with E-state index in [1.807, 2.05) is 30.3 Å². The highest BCUT2D eigenvalue weighted by Crippen LogP contribution is 2.23. The molecule has 0 aliphatic heterocycles. The van der Waals surface area contributed by atoms with Crippen LogP contribution in [0.25, 0.3) is 0 Å². The van der Waals surface area contributed by atoms with Crippen molar-refractivity contribution in [2.45, 2.75) is 0 Å². The molecule has 3 rings (SSSR count). The predicted octanol–water partition coefficient (Wildman–Crippen LogP) is 5.03. The molecule has 0 aliphatic carbocycles. The first-order valence-corrected chi connectivity index (χ1v) is 7.29. The van der Waals surface area contributed by atoms with Crippen LogP contribution in [-0.2, 0) is 0 Å². The SMILES string of the molecule is O=C(Oc1ccc(/N=N/c2ccccc2)cc1)c1ccccc1O. The lowest BCUT2D eigenvalue weighted by Crippen LogP contribution is -2.08. The maximum Gasteiger partial charge on any atom is 0.347 e. The first-order chi connectivity index (χ1) is 11.7. The second-order valence-corrected chi connectivity index (χ2v) is 4.94. The van der Waals surface area contributed by atoms with Gasteiger partial charge in [-0.3, -0.25) is 0 Å². The summed E-state index contributed by atoms with van der Waals surface area (Å²) in [7, 11) is 0. The smallest absolute Gasteiger partial charge is 0.347 e. The van der Waals surface area contributed by atoms with Gasteiger partial charge in [-0.1, -0.05) is 30.3 Å². The second kappa shape index (κ2) is 7.19. The third-order valence-electron chi connectivity index (χ3n) is 3.21. The van der Waals surface area contributed by atoms with Crippen molar-refractivity contribution in [2.24, 2.45) is 10.2 Å². The number of ether oxygens (including phenoxy) is 1. The molecular weight excluding hydrogens is 304 g/mol. The number of carbonyl (C=O) groups is 1. The Balaban J connectivity index is 1.68. The van der Waals surface area contributed by atoms with Gasteiger partial charge in [0.25, 0.3) is 0 Å². The number of benzene rings is 3. The molecule has 118 valence electrons. The summed E-state index contributed by atoms with van der Waals surface area (Å²) >= 11 is 0. The lowest BCUT2D eigenvalue weighted by atomic mass is 10.2. The van der Waals surface area contributed by atoms with Crippen molar-refractivity contribution in [1.29, 1.82) is 0 Å². The molecule has 0 fully saturated rings. The van der Waals surface area contributed by atoms with Crippen molar-refractivity contribution >= 4 is 17.3 Å². The molecule has 0 saturated carbocycles. The largest absolute Gasteiger partial charge is 0.507 e. The van der Waals surface area contributed by atoms with Gasteiger partial charge in [-0.2, -0.15) is 10.2 Å². The van der Waals surface area contributed by atoms with Crippen LogP contribution in [0.4, 0.5) is 11.4 Å². The molecule has 0 unspecified atom stereocenters. The van der Waals surface area contributed by atoms with E-state index < -0.39 is 5.97 Å². The van der Waals surface area contributed by atoms with E-state index >= 15 is 0 Å². The van der Waals surface area contributed by atoms with E-state index in [-0.39, 0.29) is 11.3 Å². The Hall–Kier alpha value is -3.47. The minimum Gasteiger partial charge on any atom is -0.507 e. The summed E-state index contributed by atoms with van der Waals surface area (Å²) in [6.07, 6.45) is 0. The van der Waals surface area contributed by atoms with Gasteiger partial charge in [-0.05, 0) is 48.5 Å². The average molecular weight is 318 g/mol. The van der Waals surface area contributed by atoms with E-state index in [2.05, 4.69) is 10.2 Å². The van der Waals surface area contributed by atoms with Crippen LogP contribution in [-0.4, -0.2) is 11.1 Å². The van der Waals surface area contributed by atoms with Gasteiger partial charge in [0.2, 0.25) is 0 Å². The molecule has 0 bridgehead atoms. The van der Waals surface area contributed by atoms with Crippen molar-refractivity contribution in [1.82, 2.24) is 0 Å². The second-order valence-electron chi connectivity index (χ2n) is 4.94. The van der Waals surface area contributed by atoms with Crippen LogP contribution in [0.5, 0.6) is 11.5 Å². The lowest BCUT2D eigenvalue weighted by molar-refractivity contribution is 0.0731. The minimum absolute atomic E-state index is 0.115. The molecule has 5 nitrogen and oxygen atoms in total. The number of azo groups is 1. The summed E-state index contributed by atoms with van der Waals surface area (Å²) in [5.41, 5.74) is 1.51. The average Bonchev–Trinajstić information content (AvgIpc) is 2.62. The number of aromatic hydroxyl groups is 1. The molecule has 0 heterocycles. The first-order valence-electron chi connectivity index (χ1n) is 7.29. The Morgan fingerprint density at radius 2 is 1.33 bits per heavy atom. The molecule has 3 aromatic rings. The molecular formula is C19H14N2O3. The zero-order valence-corrected chi connectivity index (χ0v) is 12.7. The number of phenolic OH excluding ortho intramolecular Hbond substituents is 1. The minimum atomic E-state index is -0.619. The summed E-state index contributed by atoms with van der Waals surface area (Å²) in [6.45, 7) is 0. The van der Waals surface area contributed by atoms with Gasteiger partial charge >= 0.3 is 5.97 Å². The lowest BCUT2D eigenvalue weighted by Gasteiger charge is -2.05. The third kappa shape index (κ3) is 3.84. The number of para-hydroxylation sites is 1. The number of esters is 1. The van der Waals surface area contributed by atoms with Crippen LogP contribution in [0, 0.1) is 0 Å². The van der Waals surface area contributed by atoms with Gasteiger partial charge in [-0.25, -0.2) is 4.79 Å². The van der Waals surface area contributed by atoms with Crippen LogP contribution >= 0.6 is 0 Å². The summed E-state index contributed by atoms with van der Waals surface area (Å²) in [6, 6.07) is 22.2. The fourth-order valence-electron chi connectivity index (χ4n) is 2.00. The fraction of sp³-hybridized carbons (Fsp3) is 0. The molecule has 24 heavy (non-hydrogen) atoms. The summed E-state index contributed by atoms with van der Waals surface area (Å²) < 4.78 is 5.23. The number of phenols is 1. The highest BCUT2D eigenvalue weighted by molar-refractivity contribution is 5.93. The molecule has 0 radical (unpaired) electrons. The van der Waals surface area contributed by atoms with Crippen molar-refractivity contribution < 1.29 is 14.6 Å². The van der Waals surface area contributed by atoms with Crippen LogP contribution in [0.3, 0.4) is 0 Å². The molecule has 0 atom stereocenters. The summed E-state index contributed by atoms with van der Waals surface area (Å²) in [5.74, 6) is -0.371. The third-order valence-corrected chi connectivity index (χ3v) is 3.21. The highest BCUT2D eigenvalue weighted by atomic mass is 16.5. The number of nitrogens with zero attached hydrogens (tertiary/aromatic N) is 2. The summed E-state index contributed by atoms with van der Waals surface area (Å²) in [4.78, 5) is 12.0. The molecule has 0 spiro atoms. The Kier molecular flexibility index (Phi) is 4.62. The number of hydrogen-bond acceptors (Lipinski definition) is 5. The maximum atomic E-state index is 12.0. The van der Waals surface area contributed by atoms with E-state index in [4.69, 9.17) is 4.74 Å². The van der Waals surface area contributed by atoms with E-state index in [0.717, 1.165) is 5.69 Å². The Morgan fingerprint density at radius 3 is 2.00 bits per heavy atom. The van der Waals surface area contributed by atoms with Crippen molar-refractivity contribution in [2.75, 3.05) is 0 Å². The quantitative estimate of drug-likeness (QED) is 0.417. The van der Waals surface area contributed by atoms with E-state index in [1.54, 1.807) is 36.4 Å². The van der Waals surface area contributed by atoms with Crippen LogP contribution in [0.2, 0.25) is 0 Å². The predicted molar refractivity (Wildman–Crippen MR) is 90.1 cm³/mol. The number of hydrogen-bond donors (Lipinski definition) is 1. The molecule has 3 aromatic carbocycles. The Morgan fingerprint density at radius 1 is 0.750 bits per heavy atom. The normalized spacial score (nSPS) is 10.7. The number of carbonyl (C=O) groups excluding carboxylic acids is 1. The zero-order valence-electron chi connectivity index (χ0n) is 12.7. The van der Waals surface area contributed by atoms with Crippen molar-refractivity contribution in [3.8, 4) is 11.5 Å². The fourth-order valence-corrected chi connectivity index (χ4v) is 2.00. The Labute approximate surface area is 138 Å². The van der Waals surface area contributed by atoms with Gasteiger partial charge in [-0.15, -0.1) is 0 Å². The molecule has 5 heteroatoms.